The fraction of sp³-hybridized carbons (Fsp3) is 0.640. The van der Waals surface area contributed by atoms with Crippen molar-refractivity contribution in [2.75, 3.05) is 37.8 Å². The number of thioether (sulfide) groups is 1. The summed E-state index contributed by atoms with van der Waals surface area (Å²) < 4.78 is 61.9. The number of ether oxygens (including phenoxy) is 1. The van der Waals surface area contributed by atoms with E-state index >= 15 is 0 Å². The van der Waals surface area contributed by atoms with Crippen molar-refractivity contribution in [3.05, 3.63) is 12.7 Å². The molecule has 3 heterocycles. The summed E-state index contributed by atoms with van der Waals surface area (Å²) in [5.74, 6) is -2.51. The molecule has 0 radical (unpaired) electrons. The van der Waals surface area contributed by atoms with Crippen molar-refractivity contribution in [2.24, 2.45) is 5.41 Å². The van der Waals surface area contributed by atoms with Crippen LogP contribution in [0.4, 0.5) is 5.82 Å². The number of imidazole rings is 1. The first-order chi connectivity index (χ1) is 25.4. The molecule has 11 N–H and O–H groups in total. The molecule has 2 aromatic heterocycles. The van der Waals surface area contributed by atoms with E-state index in [1.54, 1.807) is 0 Å². The number of rotatable bonds is 22. The van der Waals surface area contributed by atoms with Crippen molar-refractivity contribution < 1.29 is 90.4 Å². The van der Waals surface area contributed by atoms with E-state index in [9.17, 15) is 62.7 Å². The Balaban J connectivity index is 1.49. The van der Waals surface area contributed by atoms with E-state index in [4.69, 9.17) is 24.6 Å². The van der Waals surface area contributed by atoms with Crippen molar-refractivity contribution >= 4 is 75.1 Å². The molecular formula is C25H40N7O19P3S. The van der Waals surface area contributed by atoms with E-state index in [-0.39, 0.29) is 60.2 Å². The number of nitrogens with two attached hydrogens (primary N) is 1. The summed E-state index contributed by atoms with van der Waals surface area (Å²) in [5.41, 5.74) is 4.20. The van der Waals surface area contributed by atoms with Crippen LogP contribution in [0, 0.1) is 5.41 Å². The standard InChI is InChI=1S/C25H40N7O19P3S/c1-25(2,20(38)23(39)28-6-5-14(33)27-7-8-55-16(36)4-3-15(34)35)10-48-54(45,46)51-53(43,44)47-9-13-19(50-52(40,41)42)18(37)24(49-13)32-12-31-17-21(26)29-11-30-22(17)32/h11-13,18-20,24,37-38H,3-10H2,1-2H3,(H,27,33)(H,28,39)(H,34,35)(H,43,44)(H,45,46)(H2,26,29,30)(H2,40,41,42)/t13-,18-,19-,20?,24-/m1/s1. The third kappa shape index (κ3) is 14.5. The second-order valence-corrected chi connectivity index (χ2v) is 17.6. The lowest BCUT2D eigenvalue weighted by Crippen LogP contribution is -2.46. The minimum Gasteiger partial charge on any atom is -0.481 e. The largest absolute Gasteiger partial charge is 0.481 e. The van der Waals surface area contributed by atoms with Gasteiger partial charge >= 0.3 is 29.4 Å². The van der Waals surface area contributed by atoms with Crippen molar-refractivity contribution in [3.63, 3.8) is 0 Å². The van der Waals surface area contributed by atoms with Gasteiger partial charge in [0.1, 0.15) is 36.3 Å². The molecule has 2 amide bonds. The number of carbonyl (C=O) groups is 4. The number of aromatic nitrogens is 4. The Morgan fingerprint density at radius 2 is 1.69 bits per heavy atom. The van der Waals surface area contributed by atoms with Gasteiger partial charge < -0.3 is 56.0 Å². The maximum absolute atomic E-state index is 12.6. The van der Waals surface area contributed by atoms with Crippen molar-refractivity contribution in [2.45, 2.75) is 63.8 Å². The average molecular weight is 868 g/mol. The van der Waals surface area contributed by atoms with Gasteiger partial charge in [0.05, 0.1) is 26.0 Å². The second-order valence-electron chi connectivity index (χ2n) is 12.2. The number of carboxylic acids is 1. The molecule has 310 valence electrons. The van der Waals surface area contributed by atoms with Gasteiger partial charge in [-0.15, -0.1) is 0 Å². The molecule has 0 spiro atoms. The maximum atomic E-state index is 12.6. The highest BCUT2D eigenvalue weighted by atomic mass is 32.2. The smallest absolute Gasteiger partial charge is 0.481 e. The van der Waals surface area contributed by atoms with Crippen molar-refractivity contribution in [1.82, 2.24) is 30.2 Å². The number of hydrogen-bond donors (Lipinski definition) is 10. The Morgan fingerprint density at radius 3 is 2.35 bits per heavy atom. The molecule has 3 rings (SSSR count). The molecule has 3 unspecified atom stereocenters. The maximum Gasteiger partial charge on any atom is 0.481 e. The fourth-order valence-electron chi connectivity index (χ4n) is 4.58. The Kier molecular flexibility index (Phi) is 16.4. The summed E-state index contributed by atoms with van der Waals surface area (Å²) >= 11 is 0.849. The Labute approximate surface area is 314 Å². The number of aliphatic carboxylic acids is 1. The number of carbonyl (C=O) groups excluding carboxylic acids is 3. The average Bonchev–Trinajstić information content (AvgIpc) is 3.63. The zero-order valence-corrected chi connectivity index (χ0v) is 32.3. The topological polar surface area (TPSA) is 401 Å². The number of anilines is 1. The summed E-state index contributed by atoms with van der Waals surface area (Å²) in [6.45, 7) is 0.213. The number of phosphoric ester groups is 3. The van der Waals surface area contributed by atoms with Crippen LogP contribution in [0.15, 0.2) is 12.7 Å². The molecular weight excluding hydrogens is 827 g/mol. The van der Waals surface area contributed by atoms with Crippen LogP contribution in [0.25, 0.3) is 11.2 Å². The molecule has 55 heavy (non-hydrogen) atoms. The van der Waals surface area contributed by atoms with Gasteiger partial charge in [-0.25, -0.2) is 28.6 Å². The predicted octanol–water partition coefficient (Wildman–Crippen LogP) is -1.47. The lowest BCUT2D eigenvalue weighted by molar-refractivity contribution is -0.138. The van der Waals surface area contributed by atoms with Gasteiger partial charge in [0.25, 0.3) is 0 Å². The first kappa shape index (κ1) is 46.4. The minimum atomic E-state index is -5.59. The van der Waals surface area contributed by atoms with Crippen molar-refractivity contribution in [1.29, 1.82) is 0 Å². The summed E-state index contributed by atoms with van der Waals surface area (Å²) in [7, 11) is -16.4. The molecule has 0 aromatic carbocycles. The number of hydrogen-bond acceptors (Lipinski definition) is 19. The van der Waals surface area contributed by atoms with Gasteiger partial charge in [0.15, 0.2) is 22.8 Å². The molecule has 2 aromatic rings. The highest BCUT2D eigenvalue weighted by Gasteiger charge is 2.50. The zero-order chi connectivity index (χ0) is 41.4. The molecule has 1 aliphatic rings. The van der Waals surface area contributed by atoms with E-state index in [0.29, 0.717) is 0 Å². The van der Waals surface area contributed by atoms with Crippen LogP contribution >= 0.6 is 35.2 Å². The summed E-state index contributed by atoms with van der Waals surface area (Å²) in [6.07, 6.45) is -7.55. The first-order valence-corrected chi connectivity index (χ1v) is 21.2. The molecule has 1 fully saturated rings. The Hall–Kier alpha value is -2.97. The molecule has 0 bridgehead atoms. The highest BCUT2D eigenvalue weighted by Crippen LogP contribution is 2.61. The van der Waals surface area contributed by atoms with Crippen LogP contribution in [0.5, 0.6) is 0 Å². The molecule has 7 atom stereocenters. The molecule has 30 heteroatoms. The third-order valence-electron chi connectivity index (χ3n) is 7.31. The molecule has 0 aliphatic carbocycles. The van der Waals surface area contributed by atoms with E-state index in [1.165, 1.54) is 13.8 Å². The summed E-state index contributed by atoms with van der Waals surface area (Å²) in [6, 6.07) is 0. The highest BCUT2D eigenvalue weighted by molar-refractivity contribution is 8.13. The predicted molar refractivity (Wildman–Crippen MR) is 184 cm³/mol. The number of aliphatic hydroxyl groups excluding tert-OH is 2. The summed E-state index contributed by atoms with van der Waals surface area (Å²) in [4.78, 5) is 97.3. The lowest BCUT2D eigenvalue weighted by atomic mass is 9.87. The lowest BCUT2D eigenvalue weighted by Gasteiger charge is -2.30. The number of amides is 2. The fourth-order valence-corrected chi connectivity index (χ4v) is 8.08. The molecule has 26 nitrogen and oxygen atoms in total. The Morgan fingerprint density at radius 1 is 1.02 bits per heavy atom. The number of aliphatic hydroxyl groups is 2. The molecule has 1 saturated heterocycles. The number of fused-ring (bicyclic) bond motifs is 1. The minimum absolute atomic E-state index is 0.0197. The van der Waals surface area contributed by atoms with Crippen LogP contribution in [-0.2, 0) is 55.5 Å². The van der Waals surface area contributed by atoms with E-state index < -0.39 is 90.5 Å². The van der Waals surface area contributed by atoms with Crippen LogP contribution < -0.4 is 16.4 Å². The van der Waals surface area contributed by atoms with E-state index in [1.807, 2.05) is 0 Å². The van der Waals surface area contributed by atoms with E-state index in [0.717, 1.165) is 29.0 Å². The number of phosphoric acid groups is 3. The van der Waals surface area contributed by atoms with Gasteiger partial charge in [-0.05, 0) is 0 Å². The van der Waals surface area contributed by atoms with Gasteiger partial charge in [0.2, 0.25) is 11.8 Å². The number of nitrogens with zero attached hydrogens (tertiary/aromatic N) is 4. The summed E-state index contributed by atoms with van der Waals surface area (Å²) in [5, 5.41) is 34.4. The first-order valence-electron chi connectivity index (χ1n) is 15.7. The quantitative estimate of drug-likeness (QED) is 0.0477. The Bertz CT molecular complexity index is 1850. The third-order valence-corrected chi connectivity index (χ3v) is 11.3. The van der Waals surface area contributed by atoms with E-state index in [2.05, 4.69) is 34.4 Å². The second kappa shape index (κ2) is 19.5. The zero-order valence-electron chi connectivity index (χ0n) is 28.8. The molecule has 0 saturated carbocycles. The van der Waals surface area contributed by atoms with Crippen molar-refractivity contribution in [3.8, 4) is 0 Å². The van der Waals surface area contributed by atoms with Crippen LogP contribution in [0.3, 0.4) is 0 Å². The van der Waals surface area contributed by atoms with Crippen LogP contribution in [0.1, 0.15) is 39.3 Å². The van der Waals surface area contributed by atoms with Gasteiger partial charge in [-0.3, -0.25) is 37.3 Å². The number of nitrogens with one attached hydrogen (secondary N) is 2. The SMILES string of the molecule is CC(C)(COP(=O)(O)OP(=O)(O)OC[C@H]1O[C@@H](n2cnc3c(N)ncnc32)[C@H](O)[C@@H]1OP(=O)(O)O)C(O)C(=O)NCCC(=O)NCCSC(=O)CCC(=O)O. The monoisotopic (exact) mass is 867 g/mol. The van der Waals surface area contributed by atoms with Crippen LogP contribution in [-0.4, -0.2) is 134 Å². The van der Waals surface area contributed by atoms with Crippen LogP contribution in [0.2, 0.25) is 0 Å². The number of carboxylic acid groups (broad SMARTS) is 1. The van der Waals surface area contributed by atoms with Gasteiger partial charge in [0, 0.05) is 37.1 Å². The van der Waals surface area contributed by atoms with Gasteiger partial charge in [-0.1, -0.05) is 25.6 Å². The van der Waals surface area contributed by atoms with Gasteiger partial charge in [-0.2, -0.15) is 4.31 Å². The molecule has 1 aliphatic heterocycles. The normalized spacial score (nSPS) is 21.7. The number of nitrogen functional groups attached to an aromatic ring is 1.